The molecule has 0 spiro atoms. The zero-order chi connectivity index (χ0) is 29.8. The van der Waals surface area contributed by atoms with Gasteiger partial charge in [0.15, 0.2) is 0 Å². The molecule has 0 saturated heterocycles. The molecule has 2 amide bonds. The van der Waals surface area contributed by atoms with Crippen LogP contribution in [0.5, 0.6) is 0 Å². The molecule has 6 aromatic rings. The van der Waals surface area contributed by atoms with Crippen LogP contribution in [0, 0.1) is 5.95 Å². The molecule has 2 aromatic carbocycles. The van der Waals surface area contributed by atoms with Crippen LogP contribution in [0.2, 0.25) is 0 Å². The van der Waals surface area contributed by atoms with Crippen molar-refractivity contribution in [3.05, 3.63) is 132 Å². The molecule has 0 aliphatic rings. The number of hydrogen-bond donors (Lipinski definition) is 1. The number of halogens is 1. The number of nitrogens with one attached hydrogen (secondary N) is 1. The highest BCUT2D eigenvalue weighted by atomic mass is 19.1. The highest BCUT2D eigenvalue weighted by Crippen LogP contribution is 2.27. The molecule has 4 aromatic heterocycles. The van der Waals surface area contributed by atoms with E-state index in [1.54, 1.807) is 54.8 Å². The van der Waals surface area contributed by atoms with Gasteiger partial charge in [-0.25, -0.2) is 9.97 Å². The Balaban J connectivity index is 1.32. The summed E-state index contributed by atoms with van der Waals surface area (Å²) >= 11 is 0. The molecule has 0 radical (unpaired) electrons. The van der Waals surface area contributed by atoms with Crippen molar-refractivity contribution in [2.75, 3.05) is 17.3 Å². The second kappa shape index (κ2) is 12.0. The molecule has 0 fully saturated rings. The van der Waals surface area contributed by atoms with Gasteiger partial charge in [-0.2, -0.15) is 4.39 Å². The van der Waals surface area contributed by atoms with Crippen molar-refractivity contribution in [2.45, 2.75) is 13.0 Å². The van der Waals surface area contributed by atoms with Gasteiger partial charge in [0.05, 0.1) is 16.6 Å². The molecule has 4 heterocycles. The van der Waals surface area contributed by atoms with E-state index in [2.05, 4.69) is 20.3 Å². The first-order valence-electron chi connectivity index (χ1n) is 13.6. The average Bonchev–Trinajstić information content (AvgIpc) is 3.39. The summed E-state index contributed by atoms with van der Waals surface area (Å²) in [6.07, 6.45) is 8.55. The fourth-order valence-corrected chi connectivity index (χ4v) is 4.80. The Labute approximate surface area is 246 Å². The fraction of sp³-hybridized carbons (Fsp3) is 0.0909. The van der Waals surface area contributed by atoms with E-state index in [-0.39, 0.29) is 11.5 Å². The van der Waals surface area contributed by atoms with Crippen LogP contribution in [0.3, 0.4) is 0 Å². The summed E-state index contributed by atoms with van der Waals surface area (Å²) in [4.78, 5) is 44.8. The second-order valence-electron chi connectivity index (χ2n) is 9.89. The van der Waals surface area contributed by atoms with Gasteiger partial charge in [-0.1, -0.05) is 24.3 Å². The molecular weight excluding hydrogens is 545 g/mol. The zero-order valence-electron chi connectivity index (χ0n) is 23.2. The third kappa shape index (κ3) is 5.98. The minimum Gasteiger partial charge on any atom is -0.311 e. The number of fused-ring (bicyclic) bond motifs is 1. The number of carbonyl (C=O) groups excluding carboxylic acids is 2. The SMILES string of the molecule is CN(C(=O)c1ccccc1)c1ccc2c(c1)nc(NC(=O)c1cncc(-c3ccnc(F)c3)c1)n2CCc1cccnc1. The maximum atomic E-state index is 13.7. The number of amides is 2. The smallest absolute Gasteiger partial charge is 0.259 e. The molecule has 0 atom stereocenters. The topological polar surface area (TPSA) is 106 Å². The lowest BCUT2D eigenvalue weighted by Crippen LogP contribution is -2.26. The van der Waals surface area contributed by atoms with E-state index in [0.29, 0.717) is 46.8 Å². The summed E-state index contributed by atoms with van der Waals surface area (Å²) in [7, 11) is 1.72. The Kier molecular flexibility index (Phi) is 7.64. The predicted molar refractivity (Wildman–Crippen MR) is 162 cm³/mol. The Bertz CT molecular complexity index is 1930. The molecule has 6 rings (SSSR count). The highest BCUT2D eigenvalue weighted by Gasteiger charge is 2.19. The molecule has 0 aliphatic heterocycles. The van der Waals surface area contributed by atoms with Crippen LogP contribution < -0.4 is 10.2 Å². The number of pyridine rings is 3. The number of anilines is 2. The largest absolute Gasteiger partial charge is 0.311 e. The van der Waals surface area contributed by atoms with Gasteiger partial charge >= 0.3 is 0 Å². The Morgan fingerprint density at radius 1 is 0.860 bits per heavy atom. The maximum absolute atomic E-state index is 13.7. The van der Waals surface area contributed by atoms with Crippen LogP contribution in [-0.2, 0) is 13.0 Å². The highest BCUT2D eigenvalue weighted by molar-refractivity contribution is 6.07. The second-order valence-corrected chi connectivity index (χ2v) is 9.89. The molecular formula is C33H26FN7O2. The van der Waals surface area contributed by atoms with Crippen LogP contribution in [0.1, 0.15) is 26.3 Å². The normalized spacial score (nSPS) is 10.9. The van der Waals surface area contributed by atoms with Gasteiger partial charge in [0.2, 0.25) is 11.9 Å². The molecule has 0 aliphatic carbocycles. The van der Waals surface area contributed by atoms with Gasteiger partial charge in [0.25, 0.3) is 11.8 Å². The van der Waals surface area contributed by atoms with Crippen molar-refractivity contribution in [1.82, 2.24) is 24.5 Å². The van der Waals surface area contributed by atoms with E-state index in [9.17, 15) is 14.0 Å². The Hall–Kier alpha value is -5.77. The minimum absolute atomic E-state index is 0.147. The van der Waals surface area contributed by atoms with E-state index >= 15 is 0 Å². The van der Waals surface area contributed by atoms with Crippen molar-refractivity contribution in [1.29, 1.82) is 0 Å². The van der Waals surface area contributed by atoms with Crippen LogP contribution in [-0.4, -0.2) is 43.4 Å². The van der Waals surface area contributed by atoms with Crippen LogP contribution in [0.4, 0.5) is 16.0 Å². The average molecular weight is 572 g/mol. The standard InChI is InChI=1S/C33H26FN7O2/c1-40(32(43)23-7-3-2-4-8-23)27-9-10-29-28(18-27)38-33(41(29)15-12-22-6-5-13-35-19-22)39-31(42)26-16-25(20-36-21-26)24-11-14-37-30(34)17-24/h2-11,13-14,16-21H,12,15H2,1H3,(H,38,39,42). The van der Waals surface area contributed by atoms with E-state index in [1.165, 1.54) is 18.5 Å². The summed E-state index contributed by atoms with van der Waals surface area (Å²) in [6, 6.07) is 23.1. The molecule has 9 nitrogen and oxygen atoms in total. The molecule has 43 heavy (non-hydrogen) atoms. The molecule has 10 heteroatoms. The van der Waals surface area contributed by atoms with Crippen molar-refractivity contribution in [3.8, 4) is 11.1 Å². The number of aryl methyl sites for hydroxylation is 2. The van der Waals surface area contributed by atoms with Crippen LogP contribution in [0.15, 0.2) is 110 Å². The fourth-order valence-electron chi connectivity index (χ4n) is 4.80. The predicted octanol–water partition coefficient (Wildman–Crippen LogP) is 5.80. The summed E-state index contributed by atoms with van der Waals surface area (Å²) < 4.78 is 15.6. The maximum Gasteiger partial charge on any atom is 0.259 e. The van der Waals surface area contributed by atoms with Crippen molar-refractivity contribution in [3.63, 3.8) is 0 Å². The number of rotatable bonds is 8. The van der Waals surface area contributed by atoms with Gasteiger partial charge in [-0.05, 0) is 66.1 Å². The Morgan fingerprint density at radius 2 is 1.72 bits per heavy atom. The molecule has 0 saturated carbocycles. The summed E-state index contributed by atoms with van der Waals surface area (Å²) in [5, 5.41) is 2.93. The van der Waals surface area contributed by atoms with E-state index in [0.717, 1.165) is 11.1 Å². The third-order valence-electron chi connectivity index (χ3n) is 7.08. The first kappa shape index (κ1) is 27.4. The first-order chi connectivity index (χ1) is 21.0. The Morgan fingerprint density at radius 3 is 2.51 bits per heavy atom. The van der Waals surface area contributed by atoms with Crippen molar-refractivity contribution >= 4 is 34.5 Å². The lowest BCUT2D eigenvalue weighted by Gasteiger charge is -2.17. The van der Waals surface area contributed by atoms with Crippen molar-refractivity contribution < 1.29 is 14.0 Å². The zero-order valence-corrected chi connectivity index (χ0v) is 23.2. The number of benzene rings is 2. The molecule has 212 valence electrons. The number of aromatic nitrogens is 5. The quantitative estimate of drug-likeness (QED) is 0.232. The summed E-state index contributed by atoms with van der Waals surface area (Å²) in [5.41, 5.74) is 5.11. The minimum atomic E-state index is -0.620. The molecule has 1 N–H and O–H groups in total. The number of nitrogens with zero attached hydrogens (tertiary/aromatic N) is 6. The van der Waals surface area contributed by atoms with Crippen molar-refractivity contribution in [2.24, 2.45) is 0 Å². The van der Waals surface area contributed by atoms with Crippen LogP contribution in [0.25, 0.3) is 22.2 Å². The first-order valence-corrected chi connectivity index (χ1v) is 13.6. The third-order valence-corrected chi connectivity index (χ3v) is 7.08. The van der Waals surface area contributed by atoms with E-state index in [4.69, 9.17) is 4.98 Å². The van der Waals surface area contributed by atoms with Crippen LogP contribution >= 0.6 is 0 Å². The van der Waals surface area contributed by atoms with Gasteiger partial charge in [0, 0.05) is 67.5 Å². The number of hydrogen-bond acceptors (Lipinski definition) is 6. The molecule has 0 bridgehead atoms. The summed E-state index contributed by atoms with van der Waals surface area (Å²) in [6.45, 7) is 0.518. The number of imidazole rings is 1. The lowest BCUT2D eigenvalue weighted by molar-refractivity contribution is 0.0991. The summed E-state index contributed by atoms with van der Waals surface area (Å²) in [5.74, 6) is -0.840. The van der Waals surface area contributed by atoms with Gasteiger partial charge < -0.3 is 9.47 Å². The van der Waals surface area contributed by atoms with Gasteiger partial charge in [0.1, 0.15) is 0 Å². The van der Waals surface area contributed by atoms with E-state index in [1.807, 2.05) is 53.1 Å². The molecule has 0 unspecified atom stereocenters. The monoisotopic (exact) mass is 571 g/mol. The number of carbonyl (C=O) groups is 2. The van der Waals surface area contributed by atoms with Gasteiger partial charge in [-0.15, -0.1) is 0 Å². The van der Waals surface area contributed by atoms with Gasteiger partial charge in [-0.3, -0.25) is 24.9 Å². The lowest BCUT2D eigenvalue weighted by atomic mass is 10.1. The van der Waals surface area contributed by atoms with E-state index < -0.39 is 11.9 Å².